The van der Waals surface area contributed by atoms with E-state index in [9.17, 15) is 9.59 Å². The number of allylic oxidation sites excluding steroid dienone is 5. The number of fused-ring (bicyclic) bond motifs is 8. The van der Waals surface area contributed by atoms with Crippen LogP contribution in [0.2, 0.25) is 0 Å². The molecule has 0 saturated carbocycles. The third kappa shape index (κ3) is 19.8. The number of H-pyrrole nitrogens is 2. The molecule has 0 aliphatic carbocycles. The molecule has 2 aliphatic heterocycles. The molecule has 0 atom stereocenters. The summed E-state index contributed by atoms with van der Waals surface area (Å²) in [6.45, 7) is 47.3. The smallest absolute Gasteiger partial charge is 0.251 e. The number of ether oxygens (including phenoxy) is 1. The second kappa shape index (κ2) is 30.6. The van der Waals surface area contributed by atoms with E-state index in [0.717, 1.165) is 81.0 Å². The first kappa shape index (κ1) is 62.2. The number of carbonyl (C=O) groups is 2. The van der Waals surface area contributed by atoms with Gasteiger partial charge in [0.25, 0.3) is 5.91 Å². The van der Waals surface area contributed by atoms with Gasteiger partial charge in [-0.2, -0.15) is 0 Å². The van der Waals surface area contributed by atoms with E-state index in [-0.39, 0.29) is 28.4 Å². The summed E-state index contributed by atoms with van der Waals surface area (Å²) >= 11 is 0. The van der Waals surface area contributed by atoms with Gasteiger partial charge in [0.15, 0.2) is 5.75 Å². The lowest BCUT2D eigenvalue weighted by atomic mass is 9.87. The van der Waals surface area contributed by atoms with E-state index in [1.54, 1.807) is 7.11 Å². The Balaban J connectivity index is 0.00000173. The van der Waals surface area contributed by atoms with Crippen LogP contribution in [0.4, 0.5) is 0 Å². The number of carbonyl (C=O) groups excluding carboxylic acids is 2. The Morgan fingerprint density at radius 2 is 1.35 bits per heavy atom. The highest BCUT2D eigenvalue weighted by atomic mass is 16.5. The summed E-state index contributed by atoms with van der Waals surface area (Å²) in [5.74, 6) is 0.667. The van der Waals surface area contributed by atoms with Crippen LogP contribution >= 0.6 is 0 Å². The molecule has 8 heteroatoms. The number of aromatic amines is 2. The fourth-order valence-electron chi connectivity index (χ4n) is 6.75. The van der Waals surface area contributed by atoms with Gasteiger partial charge in [-0.3, -0.25) is 19.6 Å². The lowest BCUT2D eigenvalue weighted by molar-refractivity contribution is -0.121. The molecular weight excluding hydrogens is 839 g/mol. The Labute approximate surface area is 413 Å². The molecule has 374 valence electrons. The number of nitrogens with zero attached hydrogens (tertiary/aromatic N) is 2. The molecule has 68 heavy (non-hydrogen) atoms. The van der Waals surface area contributed by atoms with Crippen LogP contribution in [0.5, 0.6) is 5.75 Å². The van der Waals surface area contributed by atoms with Crippen LogP contribution < -0.4 is 10.1 Å². The maximum absolute atomic E-state index is 12.8. The quantitative estimate of drug-likeness (QED) is 0.114. The molecule has 1 amide bonds. The number of hydrogen-bond donors (Lipinski definition) is 3. The van der Waals surface area contributed by atoms with Crippen molar-refractivity contribution < 1.29 is 14.3 Å². The fourth-order valence-corrected chi connectivity index (χ4v) is 6.75. The highest BCUT2D eigenvalue weighted by Gasteiger charge is 2.31. The van der Waals surface area contributed by atoms with E-state index in [1.807, 2.05) is 112 Å². The van der Waals surface area contributed by atoms with Crippen LogP contribution in [0, 0.1) is 11.3 Å². The van der Waals surface area contributed by atoms with Crippen LogP contribution in [0.25, 0.3) is 33.2 Å². The summed E-state index contributed by atoms with van der Waals surface area (Å²) < 4.78 is 5.92. The van der Waals surface area contributed by atoms with Gasteiger partial charge < -0.3 is 20.0 Å². The summed E-state index contributed by atoms with van der Waals surface area (Å²) in [6, 6.07) is 20.2. The lowest BCUT2D eigenvalue weighted by Gasteiger charge is -2.16. The zero-order valence-corrected chi connectivity index (χ0v) is 45.9. The third-order valence-electron chi connectivity index (χ3n) is 10.6. The maximum atomic E-state index is 12.8. The second-order valence-corrected chi connectivity index (χ2v) is 18.7. The molecule has 8 bridgehead atoms. The first-order chi connectivity index (χ1) is 32.2. The molecule has 6 rings (SSSR count). The number of Topliss-reactive ketones (excluding diaryl/α,β-unsaturated/α-hetero) is 1. The van der Waals surface area contributed by atoms with Gasteiger partial charge in [-0.1, -0.05) is 153 Å². The van der Waals surface area contributed by atoms with E-state index in [4.69, 9.17) is 14.7 Å². The number of aromatic nitrogens is 4. The molecule has 0 saturated heterocycles. The second-order valence-electron chi connectivity index (χ2n) is 18.7. The molecule has 0 unspecified atom stereocenters. The Hall–Kier alpha value is -5.76. The number of benzene rings is 1. The molecular formula is C60H91N5O3. The van der Waals surface area contributed by atoms with Crippen LogP contribution in [0.1, 0.15) is 171 Å². The van der Waals surface area contributed by atoms with Crippen molar-refractivity contribution in [3.63, 3.8) is 0 Å². The monoisotopic (exact) mass is 930 g/mol. The normalized spacial score (nSPS) is 12.9. The first-order valence-corrected chi connectivity index (χ1v) is 24.8. The average molecular weight is 930 g/mol. The van der Waals surface area contributed by atoms with Gasteiger partial charge in [0.1, 0.15) is 5.78 Å². The highest BCUT2D eigenvalue weighted by Crippen LogP contribution is 2.37. The van der Waals surface area contributed by atoms with Crippen LogP contribution in [-0.2, 0) is 28.5 Å². The molecule has 1 aromatic carbocycles. The summed E-state index contributed by atoms with van der Waals surface area (Å²) in [4.78, 5) is 42.1. The van der Waals surface area contributed by atoms with E-state index in [2.05, 4.69) is 133 Å². The third-order valence-corrected chi connectivity index (χ3v) is 10.6. The predicted octanol–water partition coefficient (Wildman–Crippen LogP) is 16.4. The average Bonchev–Trinajstić information content (AvgIpc) is 4.08. The largest absolute Gasteiger partial charge is 0.493 e. The van der Waals surface area contributed by atoms with Crippen LogP contribution in [0.3, 0.4) is 0 Å². The van der Waals surface area contributed by atoms with Crippen molar-refractivity contribution in [1.29, 1.82) is 0 Å². The Kier molecular flexibility index (Phi) is 28.0. The van der Waals surface area contributed by atoms with Gasteiger partial charge in [-0.25, -0.2) is 0 Å². The number of hydrogen-bond acceptors (Lipinski definition) is 5. The first-order valence-electron chi connectivity index (χ1n) is 24.8. The van der Waals surface area contributed by atoms with Crippen LogP contribution in [0.15, 0.2) is 110 Å². The van der Waals surface area contributed by atoms with Gasteiger partial charge in [0.05, 0.1) is 18.3 Å². The highest BCUT2D eigenvalue weighted by molar-refractivity contribution is 5.95. The van der Waals surface area contributed by atoms with Crippen molar-refractivity contribution in [3.05, 3.63) is 139 Å². The topological polar surface area (TPSA) is 113 Å². The van der Waals surface area contributed by atoms with E-state index in [1.165, 1.54) is 5.57 Å². The Morgan fingerprint density at radius 3 is 1.88 bits per heavy atom. The molecule has 3 aromatic heterocycles. The summed E-state index contributed by atoms with van der Waals surface area (Å²) in [6.07, 6.45) is 11.3. The minimum absolute atomic E-state index is 0.0360. The van der Waals surface area contributed by atoms with Crippen molar-refractivity contribution in [2.24, 2.45) is 11.3 Å². The maximum Gasteiger partial charge on any atom is 0.251 e. The minimum atomic E-state index is -0.193. The van der Waals surface area contributed by atoms with Crippen molar-refractivity contribution >= 4 is 33.8 Å². The van der Waals surface area contributed by atoms with Gasteiger partial charge >= 0.3 is 0 Å². The molecule has 0 fully saturated rings. The van der Waals surface area contributed by atoms with Crippen molar-refractivity contribution in [3.8, 4) is 16.9 Å². The van der Waals surface area contributed by atoms with Crippen LogP contribution in [-0.4, -0.2) is 45.3 Å². The van der Waals surface area contributed by atoms with Gasteiger partial charge in [-0.15, -0.1) is 19.7 Å². The molecule has 0 spiro atoms. The minimum Gasteiger partial charge on any atom is -0.493 e. The number of rotatable bonds is 9. The molecule has 3 N–H and O–H groups in total. The van der Waals surface area contributed by atoms with E-state index in [0.29, 0.717) is 23.9 Å². The number of methoxy groups -OCH3 is 1. The van der Waals surface area contributed by atoms with Gasteiger partial charge in [0, 0.05) is 87.3 Å². The Morgan fingerprint density at radius 1 is 0.809 bits per heavy atom. The van der Waals surface area contributed by atoms with Crippen molar-refractivity contribution in [2.45, 2.75) is 161 Å². The summed E-state index contributed by atoms with van der Waals surface area (Å²) in [5, 5.41) is 2.87. The molecule has 2 aliphatic rings. The van der Waals surface area contributed by atoms with Crippen molar-refractivity contribution in [1.82, 2.24) is 25.3 Å². The summed E-state index contributed by atoms with van der Waals surface area (Å²) in [5.41, 5.74) is 11.4. The van der Waals surface area contributed by atoms with Crippen molar-refractivity contribution in [2.75, 3.05) is 13.7 Å². The molecule has 4 aromatic rings. The standard InChI is InChI=1S/C38H43N5O3.C9H16.C5H10.3C2H6.C2H4/c1-22(2)32(44)14-15-39-36(45)24-10-8-23(9-11-24)28-16-26-19-34-38(5,6)21-31(43-34)35(46-7)29-13-12-25(40-29)18-33-37(3,4)20-27(42-33)17-30(28)41-26;1-5-6-7-8-9(2,3)4;1-4-5(2)3;4*1-2/h8-13,16-19,22,40-41H,14-15,20-21H2,1-7H3,(H,39,45);5-8H,1-4H3;2,4H2,1,3H3;3*1-2H3;1-2H2/b;6-5+,8-7+;;;;;. The SMILES string of the molecule is C/C=C/C=C/C(C)(C)C.C=C.C=C(C)CC.CC.CC.CC.COc1c2nc(cc3cc(-c4ccc(C(=O)NCCC(=O)C(C)C)cc4)c(cc4nc(cc5ccc1[nH]5)C(C)(C)C4)[nH]3)C(C)(C)C2. The van der Waals surface area contributed by atoms with Gasteiger partial charge in [-0.05, 0) is 79.8 Å². The number of nitrogens with one attached hydrogen (secondary N) is 3. The summed E-state index contributed by atoms with van der Waals surface area (Å²) in [7, 11) is 1.70. The Bertz CT molecular complexity index is 2380. The predicted molar refractivity (Wildman–Crippen MR) is 297 cm³/mol. The van der Waals surface area contributed by atoms with E-state index >= 15 is 0 Å². The molecule has 8 nitrogen and oxygen atoms in total. The van der Waals surface area contributed by atoms with E-state index < -0.39 is 0 Å². The zero-order valence-electron chi connectivity index (χ0n) is 45.9. The van der Waals surface area contributed by atoms with Gasteiger partial charge in [0.2, 0.25) is 0 Å². The fraction of sp³-hybridized carbons (Fsp3) is 0.467. The number of amides is 1. The molecule has 0 radical (unpaired) electrons. The number of ketones is 1. The lowest BCUT2D eigenvalue weighted by Crippen LogP contribution is -2.26. The molecule has 5 heterocycles. The zero-order chi connectivity index (χ0) is 52.4.